The molecule has 0 saturated heterocycles. The molecule has 1 aliphatic heterocycles. The van der Waals surface area contributed by atoms with Gasteiger partial charge in [0.05, 0.1) is 11.1 Å². The van der Waals surface area contributed by atoms with Crippen molar-refractivity contribution < 1.29 is 9.59 Å². The Kier molecular flexibility index (Phi) is 4.26. The molecule has 1 aromatic carbocycles. The van der Waals surface area contributed by atoms with Crippen LogP contribution in [0.2, 0.25) is 0 Å². The highest BCUT2D eigenvalue weighted by Crippen LogP contribution is 2.22. The van der Waals surface area contributed by atoms with Gasteiger partial charge in [0, 0.05) is 24.4 Å². The minimum atomic E-state index is -0.255. The molecule has 8 heteroatoms. The largest absolute Gasteiger partial charge is 0.274 e. The predicted octanol–water partition coefficient (Wildman–Crippen LogP) is 2.00. The number of benzene rings is 1. The summed E-state index contributed by atoms with van der Waals surface area (Å²) in [5.74, 6) is 0.710. The predicted molar refractivity (Wildman–Crippen MR) is 93.0 cm³/mol. The lowest BCUT2D eigenvalue weighted by atomic mass is 10.1. The minimum Gasteiger partial charge on any atom is -0.274 e. The summed E-state index contributed by atoms with van der Waals surface area (Å²) in [6.07, 6.45) is 0.429. The lowest BCUT2D eigenvalue weighted by molar-refractivity contribution is 0.0655. The summed E-state index contributed by atoms with van der Waals surface area (Å²) in [6.45, 7) is 4.12. The number of rotatable bonds is 3. The van der Waals surface area contributed by atoms with Crippen LogP contribution in [0.1, 0.15) is 37.9 Å². The molecule has 3 aromatic rings. The van der Waals surface area contributed by atoms with Gasteiger partial charge in [0.15, 0.2) is 0 Å². The summed E-state index contributed by atoms with van der Waals surface area (Å²) < 4.78 is 1.85. The number of hydrogen-bond acceptors (Lipinski definition) is 5. The third kappa shape index (κ3) is 2.66. The minimum absolute atomic E-state index is 0. The van der Waals surface area contributed by atoms with Gasteiger partial charge >= 0.3 is 0 Å². The molecular weight excluding hydrogens is 342 g/mol. The van der Waals surface area contributed by atoms with E-state index in [4.69, 9.17) is 0 Å². The van der Waals surface area contributed by atoms with Crippen molar-refractivity contribution in [3.8, 4) is 0 Å². The number of carbonyl (C=O) groups excluding carboxylic acids is 2. The Labute approximate surface area is 150 Å². The van der Waals surface area contributed by atoms with Crippen molar-refractivity contribution in [2.24, 2.45) is 0 Å². The van der Waals surface area contributed by atoms with Crippen molar-refractivity contribution in [1.29, 1.82) is 0 Å². The van der Waals surface area contributed by atoms with Crippen molar-refractivity contribution >= 4 is 30.0 Å². The third-order valence-corrected chi connectivity index (χ3v) is 4.20. The van der Waals surface area contributed by atoms with E-state index >= 15 is 0 Å². The number of fused-ring (bicyclic) bond motifs is 2. The number of hydrogen-bond donors (Lipinski definition) is 0. The van der Waals surface area contributed by atoms with Gasteiger partial charge in [0.2, 0.25) is 0 Å². The van der Waals surface area contributed by atoms with Gasteiger partial charge in [0.1, 0.15) is 5.82 Å². The molecule has 4 rings (SSSR count). The molecule has 0 atom stereocenters. The smallest absolute Gasteiger partial charge is 0.261 e. The maximum Gasteiger partial charge on any atom is 0.261 e. The standard InChI is InChI=1S/C17H15N5O2.ClH/c1-10-9-11(2)22-14(19-20-17(22)18-10)7-8-21-15(23)12-5-3-4-6-13(12)16(21)24;/h3-6,9H,7-8H2,1-2H3;1H. The molecule has 0 aliphatic carbocycles. The molecule has 0 unspecified atom stereocenters. The second-order valence-electron chi connectivity index (χ2n) is 5.85. The first-order valence-corrected chi connectivity index (χ1v) is 7.70. The molecule has 3 heterocycles. The quantitative estimate of drug-likeness (QED) is 0.670. The molecule has 0 fully saturated rings. The summed E-state index contributed by atoms with van der Waals surface area (Å²) in [6, 6.07) is 8.83. The molecule has 2 aromatic heterocycles. The van der Waals surface area contributed by atoms with Crippen molar-refractivity contribution in [3.05, 3.63) is 58.7 Å². The normalized spacial score (nSPS) is 13.3. The first-order valence-electron chi connectivity index (χ1n) is 7.70. The van der Waals surface area contributed by atoms with Crippen LogP contribution in [0.4, 0.5) is 0 Å². The SMILES string of the molecule is Cc1cc(C)n2c(CCN3C(=O)c4ccccc4C3=O)nnc2n1.Cl. The molecule has 0 bridgehead atoms. The Balaban J connectivity index is 0.00000182. The summed E-state index contributed by atoms with van der Waals surface area (Å²) in [5, 5.41) is 8.24. The van der Waals surface area contributed by atoms with Crippen molar-refractivity contribution in [2.75, 3.05) is 6.54 Å². The zero-order valence-electron chi connectivity index (χ0n) is 13.8. The van der Waals surface area contributed by atoms with Gasteiger partial charge < -0.3 is 0 Å². The highest BCUT2D eigenvalue weighted by Gasteiger charge is 2.34. The van der Waals surface area contributed by atoms with Crippen LogP contribution in [0, 0.1) is 13.8 Å². The number of nitrogens with zero attached hydrogens (tertiary/aromatic N) is 5. The molecule has 25 heavy (non-hydrogen) atoms. The van der Waals surface area contributed by atoms with E-state index in [9.17, 15) is 9.59 Å². The van der Waals surface area contributed by atoms with Gasteiger partial charge in [-0.3, -0.25) is 18.9 Å². The topological polar surface area (TPSA) is 80.5 Å². The molecule has 7 nitrogen and oxygen atoms in total. The highest BCUT2D eigenvalue weighted by atomic mass is 35.5. The van der Waals surface area contributed by atoms with E-state index in [-0.39, 0.29) is 30.8 Å². The Hall–Kier alpha value is -2.80. The maximum atomic E-state index is 12.4. The van der Waals surface area contributed by atoms with Crippen LogP contribution in [-0.4, -0.2) is 42.8 Å². The van der Waals surface area contributed by atoms with Crippen LogP contribution < -0.4 is 0 Å². The molecule has 0 saturated carbocycles. The number of aromatic nitrogens is 4. The summed E-state index contributed by atoms with van der Waals surface area (Å²) in [5.41, 5.74) is 2.77. The molecule has 2 amide bonds. The van der Waals surface area contributed by atoms with Crippen molar-refractivity contribution in [3.63, 3.8) is 0 Å². The summed E-state index contributed by atoms with van der Waals surface area (Å²) >= 11 is 0. The lowest BCUT2D eigenvalue weighted by Gasteiger charge is -2.13. The molecule has 0 radical (unpaired) electrons. The summed E-state index contributed by atoms with van der Waals surface area (Å²) in [7, 11) is 0. The Morgan fingerprint density at radius 2 is 1.64 bits per heavy atom. The number of aryl methyl sites for hydroxylation is 2. The van der Waals surface area contributed by atoms with Gasteiger partial charge in [-0.15, -0.1) is 22.6 Å². The fourth-order valence-corrected chi connectivity index (χ4v) is 3.11. The van der Waals surface area contributed by atoms with Gasteiger partial charge in [0.25, 0.3) is 17.6 Å². The van der Waals surface area contributed by atoms with E-state index < -0.39 is 0 Å². The Morgan fingerprint density at radius 3 is 2.28 bits per heavy atom. The zero-order chi connectivity index (χ0) is 16.8. The number of amides is 2. The van der Waals surface area contributed by atoms with E-state index in [2.05, 4.69) is 15.2 Å². The number of carbonyl (C=O) groups is 2. The van der Waals surface area contributed by atoms with E-state index in [1.807, 2.05) is 24.3 Å². The van der Waals surface area contributed by atoms with Crippen LogP contribution >= 0.6 is 12.4 Å². The van der Waals surface area contributed by atoms with Gasteiger partial charge in [-0.25, -0.2) is 4.98 Å². The second kappa shape index (κ2) is 6.25. The Bertz CT molecular complexity index is 963. The molecule has 0 N–H and O–H groups in total. The van der Waals surface area contributed by atoms with E-state index in [0.29, 0.717) is 29.1 Å². The van der Waals surface area contributed by atoms with Crippen LogP contribution in [0.15, 0.2) is 30.3 Å². The van der Waals surface area contributed by atoms with Crippen LogP contribution in [0.5, 0.6) is 0 Å². The van der Waals surface area contributed by atoms with Crippen molar-refractivity contribution in [2.45, 2.75) is 20.3 Å². The monoisotopic (exact) mass is 357 g/mol. The second-order valence-corrected chi connectivity index (χ2v) is 5.85. The first kappa shape index (κ1) is 17.0. The van der Waals surface area contributed by atoms with Crippen molar-refractivity contribution in [1.82, 2.24) is 24.5 Å². The van der Waals surface area contributed by atoms with Gasteiger partial charge in [-0.05, 0) is 32.0 Å². The van der Waals surface area contributed by atoms with Crippen LogP contribution in [0.25, 0.3) is 5.78 Å². The fraction of sp³-hybridized carbons (Fsp3) is 0.235. The van der Waals surface area contributed by atoms with Crippen LogP contribution in [0.3, 0.4) is 0 Å². The van der Waals surface area contributed by atoms with Gasteiger partial charge in [-0.2, -0.15) is 0 Å². The average molecular weight is 358 g/mol. The van der Waals surface area contributed by atoms with E-state index in [1.165, 1.54) is 4.90 Å². The number of imide groups is 1. The first-order chi connectivity index (χ1) is 11.6. The van der Waals surface area contributed by atoms with E-state index in [0.717, 1.165) is 11.4 Å². The summed E-state index contributed by atoms with van der Waals surface area (Å²) in [4.78, 5) is 30.4. The Morgan fingerprint density at radius 1 is 1.00 bits per heavy atom. The molecular formula is C17H16ClN5O2. The maximum absolute atomic E-state index is 12.4. The van der Waals surface area contributed by atoms with Crippen LogP contribution in [-0.2, 0) is 6.42 Å². The zero-order valence-corrected chi connectivity index (χ0v) is 14.6. The molecule has 0 spiro atoms. The third-order valence-electron chi connectivity index (χ3n) is 4.20. The molecule has 128 valence electrons. The van der Waals surface area contributed by atoms with E-state index in [1.54, 1.807) is 24.3 Å². The average Bonchev–Trinajstić information content (AvgIpc) is 3.07. The van der Waals surface area contributed by atoms with Gasteiger partial charge in [-0.1, -0.05) is 12.1 Å². The lowest BCUT2D eigenvalue weighted by Crippen LogP contribution is -2.32. The molecule has 1 aliphatic rings. The fourth-order valence-electron chi connectivity index (χ4n) is 3.11. The number of halogens is 1. The highest BCUT2D eigenvalue weighted by molar-refractivity contribution is 6.21.